The summed E-state index contributed by atoms with van der Waals surface area (Å²) < 4.78 is 5.80. The first-order valence-electron chi connectivity index (χ1n) is 8.10. The molecule has 0 radical (unpaired) electrons. The van der Waals surface area contributed by atoms with Gasteiger partial charge in [-0.2, -0.15) is 0 Å². The van der Waals surface area contributed by atoms with Crippen LogP contribution in [0.3, 0.4) is 0 Å². The normalized spacial score (nSPS) is 36.8. The lowest BCUT2D eigenvalue weighted by atomic mass is 9.96. The van der Waals surface area contributed by atoms with Crippen LogP contribution in [0, 0.1) is 0 Å². The highest BCUT2D eigenvalue weighted by Gasteiger charge is 2.35. The van der Waals surface area contributed by atoms with Crippen LogP contribution in [0.2, 0.25) is 0 Å². The minimum Gasteiger partial charge on any atom is -0.392 e. The van der Waals surface area contributed by atoms with E-state index >= 15 is 0 Å². The van der Waals surface area contributed by atoms with Crippen molar-refractivity contribution in [1.29, 1.82) is 0 Å². The molecule has 1 unspecified atom stereocenters. The molecule has 3 aliphatic rings. The van der Waals surface area contributed by atoms with E-state index in [0.717, 1.165) is 32.7 Å². The number of β-amino-alcohol motifs (C(OH)–C–C–N with tert-alkyl or cyclic N) is 1. The lowest BCUT2D eigenvalue weighted by Gasteiger charge is -2.30. The van der Waals surface area contributed by atoms with E-state index in [9.17, 15) is 5.11 Å². The quantitative estimate of drug-likeness (QED) is 0.709. The molecule has 2 N–H and O–H groups in total. The molecule has 0 spiro atoms. The van der Waals surface area contributed by atoms with E-state index < -0.39 is 0 Å². The van der Waals surface area contributed by atoms with Crippen molar-refractivity contribution in [2.45, 2.75) is 69.2 Å². The van der Waals surface area contributed by atoms with Gasteiger partial charge in [0.05, 0.1) is 18.8 Å². The van der Waals surface area contributed by atoms with E-state index in [1.807, 2.05) is 0 Å². The van der Waals surface area contributed by atoms with E-state index in [2.05, 4.69) is 10.2 Å². The Hall–Kier alpha value is -0.160. The fraction of sp³-hybridized carbons (Fsp3) is 1.00. The zero-order chi connectivity index (χ0) is 13.1. The number of hydrogen-bond donors (Lipinski definition) is 2. The van der Waals surface area contributed by atoms with Crippen LogP contribution >= 0.6 is 0 Å². The summed E-state index contributed by atoms with van der Waals surface area (Å²) in [4.78, 5) is 2.49. The highest BCUT2D eigenvalue weighted by molar-refractivity contribution is 4.93. The first kappa shape index (κ1) is 13.8. The third-order valence-corrected chi connectivity index (χ3v) is 5.06. The molecule has 3 fully saturated rings. The SMILES string of the molecule is OC1CCN([C@H]2CCC[C@H]2NCCOC2CCC2)C1. The molecule has 0 aromatic carbocycles. The first-order chi connectivity index (χ1) is 9.33. The Morgan fingerprint density at radius 1 is 1.11 bits per heavy atom. The zero-order valence-electron chi connectivity index (χ0n) is 11.9. The van der Waals surface area contributed by atoms with Crippen molar-refractivity contribution in [3.63, 3.8) is 0 Å². The van der Waals surface area contributed by atoms with Gasteiger partial charge in [0.1, 0.15) is 0 Å². The second kappa shape index (κ2) is 6.53. The largest absolute Gasteiger partial charge is 0.392 e. The minimum atomic E-state index is -0.0943. The summed E-state index contributed by atoms with van der Waals surface area (Å²) in [6.45, 7) is 3.79. The van der Waals surface area contributed by atoms with Crippen LogP contribution in [0.15, 0.2) is 0 Å². The van der Waals surface area contributed by atoms with Crippen molar-refractivity contribution < 1.29 is 9.84 Å². The lowest BCUT2D eigenvalue weighted by Crippen LogP contribution is -2.47. The Bertz CT molecular complexity index is 283. The van der Waals surface area contributed by atoms with Crippen molar-refractivity contribution in [3.05, 3.63) is 0 Å². The molecule has 1 heterocycles. The van der Waals surface area contributed by atoms with E-state index in [4.69, 9.17) is 4.74 Å². The van der Waals surface area contributed by atoms with Crippen LogP contribution in [0.5, 0.6) is 0 Å². The maximum Gasteiger partial charge on any atom is 0.0679 e. The predicted octanol–water partition coefficient (Wildman–Crippen LogP) is 1.13. The molecule has 1 aliphatic heterocycles. The van der Waals surface area contributed by atoms with Gasteiger partial charge in [-0.1, -0.05) is 6.42 Å². The summed E-state index contributed by atoms with van der Waals surface area (Å²) in [5.74, 6) is 0. The molecule has 3 atom stereocenters. The summed E-state index contributed by atoms with van der Waals surface area (Å²) in [6.07, 6.45) is 9.16. The molecule has 2 saturated carbocycles. The number of aliphatic hydroxyl groups excluding tert-OH is 1. The van der Waals surface area contributed by atoms with Gasteiger partial charge in [0.15, 0.2) is 0 Å². The highest BCUT2D eigenvalue weighted by atomic mass is 16.5. The average Bonchev–Trinajstić information content (AvgIpc) is 2.95. The van der Waals surface area contributed by atoms with E-state index in [0.29, 0.717) is 18.2 Å². The number of rotatable bonds is 6. The van der Waals surface area contributed by atoms with E-state index in [-0.39, 0.29) is 6.10 Å². The fourth-order valence-corrected chi connectivity index (χ4v) is 3.69. The Labute approximate surface area is 116 Å². The third-order valence-electron chi connectivity index (χ3n) is 5.06. The standard InChI is InChI=1S/C15H28N2O2/c18-12-7-9-17(11-12)15-6-2-5-14(15)16-8-10-19-13-3-1-4-13/h12-16,18H,1-11H2/t12?,14-,15+/m1/s1. The predicted molar refractivity (Wildman–Crippen MR) is 75.2 cm³/mol. The average molecular weight is 268 g/mol. The number of likely N-dealkylation sites (tertiary alicyclic amines) is 1. The van der Waals surface area contributed by atoms with Crippen LogP contribution in [0.4, 0.5) is 0 Å². The summed E-state index contributed by atoms with van der Waals surface area (Å²) in [5, 5.41) is 13.4. The Kier molecular flexibility index (Phi) is 4.74. The number of hydrogen-bond acceptors (Lipinski definition) is 4. The molecule has 0 amide bonds. The van der Waals surface area contributed by atoms with Crippen molar-refractivity contribution in [2.24, 2.45) is 0 Å². The molecule has 0 aromatic heterocycles. The Morgan fingerprint density at radius 3 is 2.63 bits per heavy atom. The van der Waals surface area contributed by atoms with Gasteiger partial charge >= 0.3 is 0 Å². The van der Waals surface area contributed by atoms with Crippen LogP contribution < -0.4 is 5.32 Å². The third kappa shape index (κ3) is 3.48. The molecule has 2 aliphatic carbocycles. The van der Waals surface area contributed by atoms with Gasteiger partial charge in [-0.15, -0.1) is 0 Å². The number of nitrogens with one attached hydrogen (secondary N) is 1. The van der Waals surface area contributed by atoms with Crippen molar-refractivity contribution in [2.75, 3.05) is 26.2 Å². The van der Waals surface area contributed by atoms with Gasteiger partial charge in [0.2, 0.25) is 0 Å². The van der Waals surface area contributed by atoms with Crippen LogP contribution in [0.1, 0.15) is 44.9 Å². The van der Waals surface area contributed by atoms with Crippen LogP contribution in [-0.4, -0.2) is 60.5 Å². The molecular formula is C15H28N2O2. The lowest BCUT2D eigenvalue weighted by molar-refractivity contribution is 0.00280. The minimum absolute atomic E-state index is 0.0943. The molecule has 3 rings (SSSR count). The van der Waals surface area contributed by atoms with Gasteiger partial charge in [-0.25, -0.2) is 0 Å². The van der Waals surface area contributed by atoms with Crippen molar-refractivity contribution in [1.82, 2.24) is 10.2 Å². The summed E-state index contributed by atoms with van der Waals surface area (Å²) in [7, 11) is 0. The summed E-state index contributed by atoms with van der Waals surface area (Å²) >= 11 is 0. The molecule has 19 heavy (non-hydrogen) atoms. The number of nitrogens with zero attached hydrogens (tertiary/aromatic N) is 1. The second-order valence-corrected chi connectivity index (χ2v) is 6.42. The Balaban J connectivity index is 1.36. The highest BCUT2D eigenvalue weighted by Crippen LogP contribution is 2.27. The maximum absolute atomic E-state index is 9.67. The molecular weight excluding hydrogens is 240 g/mol. The Morgan fingerprint density at radius 2 is 1.95 bits per heavy atom. The topological polar surface area (TPSA) is 44.7 Å². The van der Waals surface area contributed by atoms with Gasteiger partial charge < -0.3 is 15.2 Å². The van der Waals surface area contributed by atoms with Gasteiger partial charge in [-0.05, 0) is 38.5 Å². The molecule has 0 aromatic rings. The van der Waals surface area contributed by atoms with Crippen LogP contribution in [0.25, 0.3) is 0 Å². The van der Waals surface area contributed by atoms with Crippen molar-refractivity contribution >= 4 is 0 Å². The molecule has 0 bridgehead atoms. The van der Waals surface area contributed by atoms with Gasteiger partial charge in [0.25, 0.3) is 0 Å². The fourth-order valence-electron chi connectivity index (χ4n) is 3.69. The van der Waals surface area contributed by atoms with Gasteiger partial charge in [-0.3, -0.25) is 4.90 Å². The number of ether oxygens (including phenoxy) is 1. The summed E-state index contributed by atoms with van der Waals surface area (Å²) in [5.41, 5.74) is 0. The molecule has 4 heteroatoms. The van der Waals surface area contributed by atoms with E-state index in [1.54, 1.807) is 0 Å². The summed E-state index contributed by atoms with van der Waals surface area (Å²) in [6, 6.07) is 1.25. The first-order valence-corrected chi connectivity index (χ1v) is 8.10. The number of aliphatic hydroxyl groups is 1. The van der Waals surface area contributed by atoms with Crippen LogP contribution in [-0.2, 0) is 4.74 Å². The van der Waals surface area contributed by atoms with E-state index in [1.165, 1.54) is 38.5 Å². The molecule has 1 saturated heterocycles. The monoisotopic (exact) mass is 268 g/mol. The zero-order valence-corrected chi connectivity index (χ0v) is 11.9. The second-order valence-electron chi connectivity index (χ2n) is 6.42. The molecule has 4 nitrogen and oxygen atoms in total. The smallest absolute Gasteiger partial charge is 0.0679 e. The van der Waals surface area contributed by atoms with Crippen molar-refractivity contribution in [3.8, 4) is 0 Å². The molecule has 110 valence electrons. The van der Waals surface area contributed by atoms with Gasteiger partial charge in [0, 0.05) is 31.7 Å². The maximum atomic E-state index is 9.67.